The molecule has 0 spiro atoms. The summed E-state index contributed by atoms with van der Waals surface area (Å²) in [7, 11) is -3.30. The number of nitrogens with zero attached hydrogens (tertiary/aromatic N) is 3. The van der Waals surface area contributed by atoms with E-state index in [0.29, 0.717) is 49.8 Å². The summed E-state index contributed by atoms with van der Waals surface area (Å²) in [5.41, 5.74) is 7.89. The molecule has 0 bridgehead atoms. The normalized spacial score (nSPS) is 21.9. The maximum absolute atomic E-state index is 12.7. The lowest BCUT2D eigenvalue weighted by molar-refractivity contribution is 0.0985. The molecule has 0 amide bonds. The van der Waals surface area contributed by atoms with Crippen LogP contribution in [0.4, 0.5) is 11.5 Å². The van der Waals surface area contributed by atoms with Gasteiger partial charge in [-0.3, -0.25) is 0 Å². The molecule has 28 heavy (non-hydrogen) atoms. The van der Waals surface area contributed by atoms with Gasteiger partial charge in [-0.15, -0.1) is 0 Å². The third-order valence-electron chi connectivity index (χ3n) is 5.88. The monoisotopic (exact) mass is 402 g/mol. The summed E-state index contributed by atoms with van der Waals surface area (Å²) in [6.07, 6.45) is 3.40. The third-order valence-corrected chi connectivity index (χ3v) is 7.92. The van der Waals surface area contributed by atoms with Crippen molar-refractivity contribution in [3.8, 4) is 11.4 Å². The summed E-state index contributed by atoms with van der Waals surface area (Å²) in [5.74, 6) is 1.28. The van der Waals surface area contributed by atoms with E-state index in [4.69, 9.17) is 20.4 Å². The van der Waals surface area contributed by atoms with Crippen molar-refractivity contribution in [3.05, 3.63) is 36.0 Å². The molecule has 1 aliphatic carbocycles. The zero-order valence-electron chi connectivity index (χ0n) is 16.3. The molecular weight excluding hydrogens is 376 g/mol. The number of morpholine rings is 1. The van der Waals surface area contributed by atoms with Gasteiger partial charge in [0.15, 0.2) is 15.7 Å². The van der Waals surface area contributed by atoms with E-state index in [9.17, 15) is 8.42 Å². The highest BCUT2D eigenvalue weighted by Gasteiger charge is 2.49. The number of hydrogen-bond acceptors (Lipinski definition) is 7. The highest BCUT2D eigenvalue weighted by atomic mass is 32.2. The number of rotatable bonds is 4. The first-order valence-corrected chi connectivity index (χ1v) is 11.5. The van der Waals surface area contributed by atoms with Gasteiger partial charge in [-0.05, 0) is 50.5 Å². The molecule has 1 aromatic heterocycles. The van der Waals surface area contributed by atoms with Gasteiger partial charge in [0.2, 0.25) is 0 Å². The number of nitrogen functional groups attached to an aromatic ring is 1. The molecule has 2 heterocycles. The smallest absolute Gasteiger partial charge is 0.161 e. The van der Waals surface area contributed by atoms with Gasteiger partial charge in [0.25, 0.3) is 0 Å². The lowest BCUT2D eigenvalue weighted by Gasteiger charge is -2.40. The van der Waals surface area contributed by atoms with E-state index in [1.54, 1.807) is 12.1 Å². The van der Waals surface area contributed by atoms with E-state index in [2.05, 4.69) is 11.8 Å². The van der Waals surface area contributed by atoms with E-state index in [0.717, 1.165) is 17.8 Å². The zero-order valence-corrected chi connectivity index (χ0v) is 17.1. The minimum Gasteiger partial charge on any atom is -0.399 e. The average molecular weight is 403 g/mol. The van der Waals surface area contributed by atoms with Crippen LogP contribution in [0.1, 0.15) is 31.9 Å². The molecule has 1 aromatic carbocycles. The fourth-order valence-electron chi connectivity index (χ4n) is 3.96. The van der Waals surface area contributed by atoms with Crippen molar-refractivity contribution >= 4 is 21.3 Å². The fraction of sp³-hybridized carbons (Fsp3) is 0.500. The molecule has 8 heteroatoms. The van der Waals surface area contributed by atoms with Gasteiger partial charge in [-0.2, -0.15) is 0 Å². The minimum atomic E-state index is -3.30. The number of benzene rings is 1. The van der Waals surface area contributed by atoms with Gasteiger partial charge in [-0.1, -0.05) is 0 Å². The van der Waals surface area contributed by atoms with Crippen LogP contribution in [-0.2, 0) is 19.3 Å². The zero-order chi connectivity index (χ0) is 19.9. The first-order chi connectivity index (χ1) is 13.3. The van der Waals surface area contributed by atoms with Crippen LogP contribution >= 0.6 is 0 Å². The molecule has 2 aromatic rings. The maximum Gasteiger partial charge on any atom is 0.161 e. The first kappa shape index (κ1) is 19.1. The Bertz CT molecular complexity index is 971. The highest BCUT2D eigenvalue weighted by Crippen LogP contribution is 2.48. The maximum atomic E-state index is 12.7. The van der Waals surface area contributed by atoms with Crippen molar-refractivity contribution < 1.29 is 13.2 Å². The van der Waals surface area contributed by atoms with Gasteiger partial charge < -0.3 is 15.4 Å². The van der Waals surface area contributed by atoms with Crippen LogP contribution < -0.4 is 10.6 Å². The van der Waals surface area contributed by atoms with E-state index in [-0.39, 0.29) is 6.04 Å². The molecular formula is C20H26N4O3S. The first-order valence-electron chi connectivity index (χ1n) is 9.60. The second-order valence-electron chi connectivity index (χ2n) is 7.79. The van der Waals surface area contributed by atoms with E-state index < -0.39 is 14.6 Å². The molecule has 4 rings (SSSR count). The van der Waals surface area contributed by atoms with Crippen molar-refractivity contribution in [2.75, 3.05) is 36.6 Å². The number of sulfone groups is 1. The Hall–Kier alpha value is -2.19. The standard InChI is InChI=1S/C20H26N4O3S/c1-14-13-27-11-10-24(14)18-12-17(20(8-3-9-20)28(2,25)26)22-19(23-18)15-4-6-16(21)7-5-15/h4-7,12,14H,3,8-11,13,21H2,1-2H3/t14-/m0/s1. The van der Waals surface area contributed by atoms with Crippen LogP contribution in [0.3, 0.4) is 0 Å². The van der Waals surface area contributed by atoms with Crippen LogP contribution in [0.2, 0.25) is 0 Å². The van der Waals surface area contributed by atoms with E-state index >= 15 is 0 Å². The molecule has 1 atom stereocenters. The molecule has 2 N–H and O–H groups in total. The molecule has 7 nitrogen and oxygen atoms in total. The van der Waals surface area contributed by atoms with Gasteiger partial charge in [0.1, 0.15) is 10.6 Å². The topological polar surface area (TPSA) is 98.4 Å². The summed E-state index contributed by atoms with van der Waals surface area (Å²) < 4.78 is 30.0. The molecule has 2 aliphatic rings. The van der Waals surface area contributed by atoms with E-state index in [1.807, 2.05) is 18.2 Å². The Morgan fingerprint density at radius 2 is 1.93 bits per heavy atom. The van der Waals surface area contributed by atoms with Crippen molar-refractivity contribution in [2.45, 2.75) is 37.0 Å². The molecule has 2 fully saturated rings. The van der Waals surface area contributed by atoms with Crippen LogP contribution in [-0.4, -0.2) is 50.4 Å². The molecule has 150 valence electrons. The van der Waals surface area contributed by atoms with Crippen LogP contribution in [0.15, 0.2) is 30.3 Å². The summed E-state index contributed by atoms with van der Waals surface area (Å²) in [6, 6.07) is 9.37. The Balaban J connectivity index is 1.87. The van der Waals surface area contributed by atoms with Crippen molar-refractivity contribution in [1.82, 2.24) is 9.97 Å². The highest BCUT2D eigenvalue weighted by molar-refractivity contribution is 7.91. The van der Waals surface area contributed by atoms with Gasteiger partial charge in [0, 0.05) is 30.1 Å². The summed E-state index contributed by atoms with van der Waals surface area (Å²) >= 11 is 0. The fourth-order valence-corrected chi connectivity index (χ4v) is 5.47. The van der Waals surface area contributed by atoms with Crippen molar-refractivity contribution in [2.24, 2.45) is 0 Å². The second kappa shape index (κ2) is 7.00. The SMILES string of the molecule is C[C@H]1COCCN1c1cc(C2(S(C)(=O)=O)CCC2)nc(-c2ccc(N)cc2)n1. The molecule has 1 saturated carbocycles. The van der Waals surface area contributed by atoms with Gasteiger partial charge >= 0.3 is 0 Å². The largest absolute Gasteiger partial charge is 0.399 e. The predicted molar refractivity (Wildman–Crippen MR) is 110 cm³/mol. The summed E-state index contributed by atoms with van der Waals surface area (Å²) in [5, 5.41) is 0. The van der Waals surface area contributed by atoms with Crippen molar-refractivity contribution in [1.29, 1.82) is 0 Å². The molecule has 1 saturated heterocycles. The number of anilines is 2. The lowest BCUT2D eigenvalue weighted by Crippen LogP contribution is -2.45. The predicted octanol–water partition coefficient (Wildman–Crippen LogP) is 2.37. The van der Waals surface area contributed by atoms with Crippen LogP contribution in [0.25, 0.3) is 11.4 Å². The van der Waals surface area contributed by atoms with Crippen LogP contribution in [0, 0.1) is 0 Å². The Morgan fingerprint density at radius 3 is 2.50 bits per heavy atom. The van der Waals surface area contributed by atoms with Gasteiger partial charge in [0.05, 0.1) is 24.9 Å². The Morgan fingerprint density at radius 1 is 1.21 bits per heavy atom. The van der Waals surface area contributed by atoms with Gasteiger partial charge in [-0.25, -0.2) is 18.4 Å². The number of hydrogen-bond donors (Lipinski definition) is 1. The van der Waals surface area contributed by atoms with Crippen LogP contribution in [0.5, 0.6) is 0 Å². The Kier molecular flexibility index (Phi) is 4.79. The Labute approximate surface area is 165 Å². The quantitative estimate of drug-likeness (QED) is 0.784. The van der Waals surface area contributed by atoms with Crippen molar-refractivity contribution in [3.63, 3.8) is 0 Å². The molecule has 0 unspecified atom stereocenters. The molecule has 0 radical (unpaired) electrons. The summed E-state index contributed by atoms with van der Waals surface area (Å²) in [6.45, 7) is 4.04. The number of nitrogens with two attached hydrogens (primary N) is 1. The third kappa shape index (κ3) is 3.24. The minimum absolute atomic E-state index is 0.159. The number of ether oxygens (including phenoxy) is 1. The number of aromatic nitrogens is 2. The molecule has 1 aliphatic heterocycles. The summed E-state index contributed by atoms with van der Waals surface area (Å²) in [4.78, 5) is 11.7. The van der Waals surface area contributed by atoms with E-state index in [1.165, 1.54) is 6.26 Å². The lowest BCUT2D eigenvalue weighted by atomic mass is 9.81. The average Bonchev–Trinajstić information content (AvgIpc) is 2.60. The second-order valence-corrected chi connectivity index (χ2v) is 10.1.